The highest BCUT2D eigenvalue weighted by Gasteiger charge is 2.65. The third-order valence-corrected chi connectivity index (χ3v) is 2.73. The summed E-state index contributed by atoms with van der Waals surface area (Å²) in [4.78, 5) is 22.1. The lowest BCUT2D eigenvalue weighted by Gasteiger charge is -2.01. The summed E-state index contributed by atoms with van der Waals surface area (Å²) in [7, 11) is 0. The van der Waals surface area contributed by atoms with Gasteiger partial charge in [-0.3, -0.25) is 9.59 Å². The highest BCUT2D eigenvalue weighted by atomic mass is 16.4. The molecular weight excluding hydrogens is 170 g/mol. The number of carbonyl (C=O) groups excluding carboxylic acids is 1. The van der Waals surface area contributed by atoms with Gasteiger partial charge in [0.25, 0.3) is 0 Å². The molecule has 0 unspecified atom stereocenters. The minimum absolute atomic E-state index is 0.139. The molecule has 0 saturated heterocycles. The van der Waals surface area contributed by atoms with Crippen LogP contribution >= 0.6 is 0 Å². The van der Waals surface area contributed by atoms with Crippen molar-refractivity contribution in [3.05, 3.63) is 0 Å². The Labute approximate surface area is 77.3 Å². The molecular formula is C9H15NO3. The fourth-order valence-corrected chi connectivity index (χ4v) is 1.87. The van der Waals surface area contributed by atoms with Gasteiger partial charge in [0.15, 0.2) is 0 Å². The summed E-state index contributed by atoms with van der Waals surface area (Å²) in [6.07, 6.45) is 0. The zero-order valence-electron chi connectivity index (χ0n) is 8.13. The number of carboxylic acids is 1. The number of amides is 1. The third kappa shape index (κ3) is 1.53. The van der Waals surface area contributed by atoms with Crippen LogP contribution in [0.1, 0.15) is 20.8 Å². The molecule has 1 aliphatic rings. The molecule has 0 spiro atoms. The van der Waals surface area contributed by atoms with Crippen LogP contribution in [-0.4, -0.2) is 23.5 Å². The van der Waals surface area contributed by atoms with Crippen molar-refractivity contribution in [3.8, 4) is 0 Å². The minimum Gasteiger partial charge on any atom is -0.481 e. The number of hydrogen-bond acceptors (Lipinski definition) is 2. The summed E-state index contributed by atoms with van der Waals surface area (Å²) < 4.78 is 0. The molecule has 13 heavy (non-hydrogen) atoms. The number of carboxylic acid groups (broad SMARTS) is 1. The molecule has 0 aromatic rings. The molecule has 0 aliphatic heterocycles. The van der Waals surface area contributed by atoms with E-state index in [-0.39, 0.29) is 17.2 Å². The Kier molecular flexibility index (Phi) is 2.32. The van der Waals surface area contributed by atoms with Gasteiger partial charge in [0.2, 0.25) is 5.91 Å². The molecule has 1 saturated carbocycles. The van der Waals surface area contributed by atoms with Gasteiger partial charge in [-0.25, -0.2) is 0 Å². The molecule has 0 aromatic heterocycles. The van der Waals surface area contributed by atoms with E-state index in [1.165, 1.54) is 0 Å². The molecule has 2 atom stereocenters. The van der Waals surface area contributed by atoms with E-state index in [9.17, 15) is 9.59 Å². The molecule has 2 N–H and O–H groups in total. The van der Waals surface area contributed by atoms with Crippen molar-refractivity contribution in [2.45, 2.75) is 20.8 Å². The Hall–Kier alpha value is -1.06. The molecule has 4 nitrogen and oxygen atoms in total. The van der Waals surface area contributed by atoms with Crippen LogP contribution in [0.25, 0.3) is 0 Å². The summed E-state index contributed by atoms with van der Waals surface area (Å²) in [5.74, 6) is -1.88. The zero-order chi connectivity index (χ0) is 10.2. The minimum atomic E-state index is -0.874. The topological polar surface area (TPSA) is 66.4 Å². The van der Waals surface area contributed by atoms with Gasteiger partial charge >= 0.3 is 5.97 Å². The van der Waals surface area contributed by atoms with Gasteiger partial charge in [0, 0.05) is 6.54 Å². The standard InChI is InChI=1S/C9H15NO3/c1-4-10-7(11)5-6(8(12)13)9(5,2)3/h5-6H,4H2,1-3H3,(H,10,11)(H,12,13)/t5-,6+/m0/s1. The highest BCUT2D eigenvalue weighted by molar-refractivity contribution is 5.91. The quantitative estimate of drug-likeness (QED) is 0.672. The van der Waals surface area contributed by atoms with E-state index in [0.717, 1.165) is 0 Å². The van der Waals surface area contributed by atoms with E-state index in [1.807, 2.05) is 20.8 Å². The smallest absolute Gasteiger partial charge is 0.307 e. The Balaban J connectivity index is 2.65. The van der Waals surface area contributed by atoms with Crippen molar-refractivity contribution in [2.24, 2.45) is 17.3 Å². The van der Waals surface area contributed by atoms with Crippen LogP contribution in [0, 0.1) is 17.3 Å². The van der Waals surface area contributed by atoms with Crippen molar-refractivity contribution in [1.82, 2.24) is 5.32 Å². The van der Waals surface area contributed by atoms with Crippen molar-refractivity contribution in [2.75, 3.05) is 6.54 Å². The second kappa shape index (κ2) is 3.01. The van der Waals surface area contributed by atoms with E-state index in [0.29, 0.717) is 6.54 Å². The summed E-state index contributed by atoms with van der Waals surface area (Å²) in [6, 6.07) is 0. The van der Waals surface area contributed by atoms with E-state index < -0.39 is 11.9 Å². The van der Waals surface area contributed by atoms with Crippen LogP contribution in [0.5, 0.6) is 0 Å². The second-order valence-electron chi connectivity index (χ2n) is 4.01. The molecule has 74 valence electrons. The maximum absolute atomic E-state index is 11.4. The molecule has 1 aliphatic carbocycles. The molecule has 0 aromatic carbocycles. The van der Waals surface area contributed by atoms with E-state index in [1.54, 1.807) is 0 Å². The maximum atomic E-state index is 11.4. The lowest BCUT2D eigenvalue weighted by Crippen LogP contribution is -2.26. The fourth-order valence-electron chi connectivity index (χ4n) is 1.87. The van der Waals surface area contributed by atoms with Crippen molar-refractivity contribution in [1.29, 1.82) is 0 Å². The first kappa shape index (κ1) is 10.0. The predicted octanol–water partition coefficient (Wildman–Crippen LogP) is 0.479. The number of rotatable bonds is 3. The zero-order valence-corrected chi connectivity index (χ0v) is 8.13. The third-order valence-electron chi connectivity index (χ3n) is 2.73. The van der Waals surface area contributed by atoms with Gasteiger partial charge in [-0.2, -0.15) is 0 Å². The normalized spacial score (nSPS) is 29.5. The van der Waals surface area contributed by atoms with Crippen molar-refractivity contribution in [3.63, 3.8) is 0 Å². The van der Waals surface area contributed by atoms with Gasteiger partial charge < -0.3 is 10.4 Å². The van der Waals surface area contributed by atoms with E-state index in [4.69, 9.17) is 5.11 Å². The highest BCUT2D eigenvalue weighted by Crippen LogP contribution is 2.58. The van der Waals surface area contributed by atoms with Crippen molar-refractivity contribution < 1.29 is 14.7 Å². The summed E-state index contributed by atoms with van der Waals surface area (Å²) >= 11 is 0. The van der Waals surface area contributed by atoms with Crippen molar-refractivity contribution >= 4 is 11.9 Å². The largest absolute Gasteiger partial charge is 0.481 e. The average Bonchev–Trinajstić information content (AvgIpc) is 2.54. The van der Waals surface area contributed by atoms with Gasteiger partial charge in [0.1, 0.15) is 0 Å². The van der Waals surface area contributed by atoms with Crippen LogP contribution < -0.4 is 5.32 Å². The molecule has 0 heterocycles. The maximum Gasteiger partial charge on any atom is 0.307 e. The van der Waals surface area contributed by atoms with Crippen LogP contribution in [0.4, 0.5) is 0 Å². The summed E-state index contributed by atoms with van der Waals surface area (Å²) in [5.41, 5.74) is -0.384. The van der Waals surface area contributed by atoms with Gasteiger partial charge in [-0.05, 0) is 12.3 Å². The monoisotopic (exact) mass is 185 g/mol. The SMILES string of the molecule is CCNC(=O)[C@@H]1[C@H](C(=O)O)C1(C)C. The average molecular weight is 185 g/mol. The Morgan fingerprint density at radius 3 is 2.23 bits per heavy atom. The fraction of sp³-hybridized carbons (Fsp3) is 0.778. The van der Waals surface area contributed by atoms with E-state index in [2.05, 4.69) is 5.32 Å². The Bertz CT molecular complexity index is 247. The van der Waals surface area contributed by atoms with Gasteiger partial charge in [-0.15, -0.1) is 0 Å². The molecule has 0 bridgehead atoms. The lowest BCUT2D eigenvalue weighted by atomic mass is 10.1. The van der Waals surface area contributed by atoms with Crippen LogP contribution in [0.3, 0.4) is 0 Å². The first-order valence-corrected chi connectivity index (χ1v) is 4.43. The summed E-state index contributed by atoms with van der Waals surface area (Å²) in [5, 5.41) is 11.4. The molecule has 1 rings (SSSR count). The predicted molar refractivity (Wildman–Crippen MR) is 47.1 cm³/mol. The number of aliphatic carboxylic acids is 1. The van der Waals surface area contributed by atoms with Crippen LogP contribution in [0.2, 0.25) is 0 Å². The lowest BCUT2D eigenvalue weighted by molar-refractivity contribution is -0.140. The van der Waals surface area contributed by atoms with E-state index >= 15 is 0 Å². The summed E-state index contributed by atoms with van der Waals surface area (Å²) in [6.45, 7) is 6.00. The van der Waals surface area contributed by atoms with Gasteiger partial charge in [-0.1, -0.05) is 13.8 Å². The molecule has 1 amide bonds. The van der Waals surface area contributed by atoms with Crippen LogP contribution in [-0.2, 0) is 9.59 Å². The Morgan fingerprint density at radius 1 is 1.38 bits per heavy atom. The number of hydrogen-bond donors (Lipinski definition) is 2. The molecule has 1 fully saturated rings. The second-order valence-corrected chi connectivity index (χ2v) is 4.01. The molecule has 4 heteroatoms. The first-order chi connectivity index (χ1) is 5.92. The Morgan fingerprint density at radius 2 is 1.92 bits per heavy atom. The number of carbonyl (C=O) groups is 2. The first-order valence-electron chi connectivity index (χ1n) is 4.43. The van der Waals surface area contributed by atoms with Gasteiger partial charge in [0.05, 0.1) is 11.8 Å². The number of nitrogens with one attached hydrogen (secondary N) is 1. The molecule has 0 radical (unpaired) electrons. The van der Waals surface area contributed by atoms with Crippen LogP contribution in [0.15, 0.2) is 0 Å².